The Hall–Kier alpha value is -3.69. The summed E-state index contributed by atoms with van der Waals surface area (Å²) < 4.78 is 16.6. The monoisotopic (exact) mass is 579 g/mol. The molecule has 218 valence electrons. The number of hydrogen-bond acceptors (Lipinski definition) is 4. The van der Waals surface area contributed by atoms with Crippen molar-refractivity contribution in [2.45, 2.75) is 65.5 Å². The van der Waals surface area contributed by atoms with Gasteiger partial charge in [0.2, 0.25) is 0 Å². The predicted octanol–water partition coefficient (Wildman–Crippen LogP) is 5.85. The van der Waals surface area contributed by atoms with Crippen LogP contribution in [0.1, 0.15) is 64.1 Å². The zero-order chi connectivity index (χ0) is 29.7. The Morgan fingerprint density at radius 1 is 1.12 bits per heavy atom. The van der Waals surface area contributed by atoms with Gasteiger partial charge in [-0.05, 0) is 80.5 Å². The van der Waals surface area contributed by atoms with Crippen LogP contribution in [0.3, 0.4) is 0 Å². The lowest BCUT2D eigenvalue weighted by atomic mass is 10.00. The average molecular weight is 580 g/mol. The molecule has 0 aliphatic carbocycles. The van der Waals surface area contributed by atoms with E-state index in [9.17, 15) is 4.79 Å². The van der Waals surface area contributed by atoms with E-state index < -0.39 is 11.5 Å². The van der Waals surface area contributed by atoms with Crippen molar-refractivity contribution in [3.8, 4) is 16.9 Å². The van der Waals surface area contributed by atoms with Crippen molar-refractivity contribution in [3.63, 3.8) is 0 Å². The maximum Gasteiger partial charge on any atom is 0.354 e. The number of aromatic nitrogens is 3. The number of guanidine groups is 1. The van der Waals surface area contributed by atoms with Crippen LogP contribution in [0.25, 0.3) is 28.0 Å². The lowest BCUT2D eigenvalue weighted by Gasteiger charge is -2.20. The second-order valence-corrected chi connectivity index (χ2v) is 11.5. The van der Waals surface area contributed by atoms with Crippen LogP contribution in [-0.2, 0) is 6.42 Å². The number of hydrogen-bond donors (Lipinski definition) is 4. The molecule has 0 aliphatic rings. The molecule has 2 aromatic heterocycles. The lowest BCUT2D eigenvalue weighted by Crippen LogP contribution is -2.30. The Balaban J connectivity index is 1.54. The van der Waals surface area contributed by atoms with E-state index in [2.05, 4.69) is 48.0 Å². The van der Waals surface area contributed by atoms with Gasteiger partial charge in [0.15, 0.2) is 11.8 Å². The van der Waals surface area contributed by atoms with Gasteiger partial charge >= 0.3 is 5.69 Å². The van der Waals surface area contributed by atoms with Crippen LogP contribution in [0.5, 0.6) is 0 Å². The number of aliphatic imine (C=N–C) groups is 1. The highest BCUT2D eigenvalue weighted by molar-refractivity contribution is 6.31. The molecule has 2 atom stereocenters. The molecular formula is C31H39ClFN7O. The van der Waals surface area contributed by atoms with Gasteiger partial charge in [0.25, 0.3) is 0 Å². The smallest absolute Gasteiger partial charge is 0.354 e. The van der Waals surface area contributed by atoms with Crippen molar-refractivity contribution in [3.05, 3.63) is 81.1 Å². The predicted molar refractivity (Wildman–Crippen MR) is 166 cm³/mol. The third kappa shape index (κ3) is 7.74. The Morgan fingerprint density at radius 2 is 1.85 bits per heavy atom. The number of fused-ring (bicyclic) bond motifs is 1. The molecule has 6 N–H and O–H groups in total. The summed E-state index contributed by atoms with van der Waals surface area (Å²) in [5.74, 6) is 0.203. The summed E-state index contributed by atoms with van der Waals surface area (Å²) in [6, 6.07) is 13.4. The highest BCUT2D eigenvalue weighted by Crippen LogP contribution is 2.31. The quantitative estimate of drug-likeness (QED) is 0.124. The summed E-state index contributed by atoms with van der Waals surface area (Å²) in [6.45, 7) is 9.10. The fourth-order valence-corrected chi connectivity index (χ4v) is 5.18. The lowest BCUT2D eigenvalue weighted by molar-refractivity contribution is 0.460. The van der Waals surface area contributed by atoms with Gasteiger partial charge in [-0.2, -0.15) is 4.98 Å². The molecule has 4 rings (SSSR count). The molecule has 0 fully saturated rings. The van der Waals surface area contributed by atoms with Crippen molar-refractivity contribution in [1.29, 1.82) is 0 Å². The molecular weight excluding hydrogens is 541 g/mol. The molecule has 0 saturated heterocycles. The van der Waals surface area contributed by atoms with Crippen LogP contribution in [0.15, 0.2) is 58.4 Å². The van der Waals surface area contributed by atoms with Crippen molar-refractivity contribution < 1.29 is 4.39 Å². The summed E-state index contributed by atoms with van der Waals surface area (Å²) in [7, 11) is 0. The first-order valence-electron chi connectivity index (χ1n) is 14.0. The van der Waals surface area contributed by atoms with E-state index in [1.54, 1.807) is 18.3 Å². The van der Waals surface area contributed by atoms with E-state index in [1.165, 1.54) is 4.57 Å². The number of halogens is 2. The minimum absolute atomic E-state index is 0.0835. The number of aromatic amines is 1. The molecule has 2 heterocycles. The van der Waals surface area contributed by atoms with Gasteiger partial charge in [0.1, 0.15) is 5.65 Å². The van der Waals surface area contributed by atoms with Gasteiger partial charge in [0, 0.05) is 35.8 Å². The van der Waals surface area contributed by atoms with Gasteiger partial charge in [-0.1, -0.05) is 44.0 Å². The van der Waals surface area contributed by atoms with Crippen molar-refractivity contribution >= 4 is 28.6 Å². The summed E-state index contributed by atoms with van der Waals surface area (Å²) in [5, 5.41) is 4.31. The molecule has 0 bridgehead atoms. The van der Waals surface area contributed by atoms with Crippen LogP contribution >= 0.6 is 11.6 Å². The van der Waals surface area contributed by atoms with Crippen LogP contribution in [0, 0.1) is 11.7 Å². The summed E-state index contributed by atoms with van der Waals surface area (Å²) in [5.41, 5.74) is 14.4. The molecule has 8 nitrogen and oxygen atoms in total. The van der Waals surface area contributed by atoms with Crippen LogP contribution in [0.4, 0.5) is 4.39 Å². The highest BCUT2D eigenvalue weighted by atomic mass is 35.5. The van der Waals surface area contributed by atoms with E-state index in [-0.39, 0.29) is 23.1 Å². The first kappa shape index (κ1) is 30.3. The largest absolute Gasteiger partial charge is 0.370 e. The topological polar surface area (TPSA) is 127 Å². The van der Waals surface area contributed by atoms with Gasteiger partial charge in [-0.15, -0.1) is 0 Å². The van der Waals surface area contributed by atoms with Crippen LogP contribution < -0.4 is 22.5 Å². The van der Waals surface area contributed by atoms with Gasteiger partial charge < -0.3 is 21.8 Å². The number of aryl methyl sites for hydroxylation is 1. The Bertz CT molecular complexity index is 1570. The van der Waals surface area contributed by atoms with E-state index in [0.717, 1.165) is 36.8 Å². The van der Waals surface area contributed by atoms with Crippen molar-refractivity contribution in [2.24, 2.45) is 22.4 Å². The highest BCUT2D eigenvalue weighted by Gasteiger charge is 2.16. The van der Waals surface area contributed by atoms with Crippen LogP contribution in [-0.4, -0.2) is 33.1 Å². The summed E-state index contributed by atoms with van der Waals surface area (Å²) in [6.07, 6.45) is 5.43. The molecule has 0 aliphatic heterocycles. The minimum atomic E-state index is -0.495. The third-order valence-electron chi connectivity index (χ3n) is 7.20. The van der Waals surface area contributed by atoms with Crippen molar-refractivity contribution in [2.75, 3.05) is 6.54 Å². The maximum absolute atomic E-state index is 15.1. The third-order valence-corrected chi connectivity index (χ3v) is 7.47. The molecule has 10 heteroatoms. The van der Waals surface area contributed by atoms with E-state index in [0.29, 0.717) is 40.4 Å². The van der Waals surface area contributed by atoms with E-state index in [1.807, 2.05) is 30.3 Å². The number of benzene rings is 2. The fraction of sp³-hybridized carbons (Fsp3) is 0.387. The first-order chi connectivity index (χ1) is 19.5. The summed E-state index contributed by atoms with van der Waals surface area (Å²) >= 11 is 6.26. The van der Waals surface area contributed by atoms with Gasteiger partial charge in [0.05, 0.1) is 16.4 Å². The fourth-order valence-electron chi connectivity index (χ4n) is 4.94. The molecule has 0 radical (unpaired) electrons. The van der Waals surface area contributed by atoms with E-state index in [4.69, 9.17) is 23.1 Å². The minimum Gasteiger partial charge on any atom is -0.370 e. The van der Waals surface area contributed by atoms with Gasteiger partial charge in [-0.3, -0.25) is 9.56 Å². The molecule has 0 amide bonds. The average Bonchev–Trinajstić information content (AvgIpc) is 3.32. The normalized spacial score (nSPS) is 13.0. The van der Waals surface area contributed by atoms with Crippen molar-refractivity contribution in [1.82, 2.24) is 19.9 Å². The number of nitrogens with one attached hydrogen (secondary N) is 2. The Kier molecular flexibility index (Phi) is 9.83. The first-order valence-corrected chi connectivity index (χ1v) is 14.4. The second-order valence-electron chi connectivity index (χ2n) is 11.1. The second kappa shape index (κ2) is 13.3. The number of rotatable bonds is 12. The van der Waals surface area contributed by atoms with Crippen LogP contribution in [0.2, 0.25) is 5.02 Å². The van der Waals surface area contributed by atoms with E-state index >= 15 is 4.39 Å². The molecule has 0 unspecified atom stereocenters. The Morgan fingerprint density at radius 3 is 2.54 bits per heavy atom. The Labute approximate surface area is 245 Å². The molecule has 0 spiro atoms. The zero-order valence-corrected chi connectivity index (χ0v) is 24.8. The standard InChI is InChI=1S/C31H39ClFN7O/c1-18(2)6-5-7-21-14-25(28(33)26(32)15-21)27-16-23-17-40(31(41)39-29(23)38-27)24-10-8-22(9-11-24)20(4)37-19(3)12-13-36-30(34)35/h8-11,14-20,37H,5-7,12-13H2,1-4H3,(H4,34,35,36)(H,38,39,41)/t19-,20-/m0/s1. The number of nitrogens with two attached hydrogens (primary N) is 2. The summed E-state index contributed by atoms with van der Waals surface area (Å²) in [4.78, 5) is 24.3. The molecule has 0 saturated carbocycles. The number of H-pyrrole nitrogens is 1. The van der Waals surface area contributed by atoms with Gasteiger partial charge in [-0.25, -0.2) is 9.18 Å². The molecule has 2 aromatic carbocycles. The zero-order valence-electron chi connectivity index (χ0n) is 24.0. The maximum atomic E-state index is 15.1. The number of nitrogens with zero attached hydrogens (tertiary/aromatic N) is 3. The SMILES string of the molecule is CC(C)CCCc1cc(Cl)c(F)c(-c2cc3cn(-c4ccc([C@H](C)N[C@@H](C)CCN=C(N)N)cc4)c(=O)nc3[nH]2)c1. The molecule has 41 heavy (non-hydrogen) atoms. The molecule has 4 aromatic rings.